The average Bonchev–Trinajstić information content (AvgIpc) is 2.04. The quantitative estimate of drug-likeness (QED) is 0.682. The van der Waals surface area contributed by atoms with Crippen molar-refractivity contribution < 1.29 is 9.90 Å². The van der Waals surface area contributed by atoms with Crippen LogP contribution in [0.2, 0.25) is 0 Å². The highest BCUT2D eigenvalue weighted by Crippen LogP contribution is 2.36. The van der Waals surface area contributed by atoms with Gasteiger partial charge < -0.3 is 9.90 Å². The molecule has 76 valence electrons. The van der Waals surface area contributed by atoms with E-state index in [4.69, 9.17) is 0 Å². The van der Waals surface area contributed by atoms with E-state index < -0.39 is 5.60 Å². The smallest absolute Gasteiger partial charge is 0.120 e. The van der Waals surface area contributed by atoms with Crippen molar-refractivity contribution in [3.63, 3.8) is 0 Å². The first-order valence-electron chi connectivity index (χ1n) is 5.21. The van der Waals surface area contributed by atoms with Gasteiger partial charge in [-0.15, -0.1) is 0 Å². The van der Waals surface area contributed by atoms with E-state index in [1.807, 2.05) is 6.92 Å². The van der Waals surface area contributed by atoms with Crippen LogP contribution in [0.4, 0.5) is 0 Å². The number of carbonyl (C=O) groups is 1. The Labute approximate surface area is 80.3 Å². The van der Waals surface area contributed by atoms with Crippen LogP contribution in [-0.2, 0) is 4.79 Å². The van der Waals surface area contributed by atoms with Crippen LogP contribution >= 0.6 is 0 Å². The van der Waals surface area contributed by atoms with Gasteiger partial charge in [0.05, 0.1) is 5.60 Å². The SMILES string of the molecule is CC(CC=O)C1CCC(C)(O)CC1. The molecule has 0 saturated heterocycles. The van der Waals surface area contributed by atoms with Gasteiger partial charge in [-0.3, -0.25) is 0 Å². The van der Waals surface area contributed by atoms with Crippen LogP contribution in [0.1, 0.15) is 46.0 Å². The Hall–Kier alpha value is -0.370. The molecule has 1 fully saturated rings. The zero-order valence-corrected chi connectivity index (χ0v) is 8.62. The predicted octanol–water partition coefficient (Wildman–Crippen LogP) is 2.15. The molecule has 0 aromatic heterocycles. The molecule has 0 heterocycles. The normalized spacial score (nSPS) is 37.0. The molecule has 1 unspecified atom stereocenters. The molecule has 1 rings (SSSR count). The van der Waals surface area contributed by atoms with Gasteiger partial charge in [-0.1, -0.05) is 6.92 Å². The Balaban J connectivity index is 2.36. The molecule has 0 aliphatic heterocycles. The maximum absolute atomic E-state index is 10.3. The van der Waals surface area contributed by atoms with E-state index in [9.17, 15) is 9.90 Å². The standard InChI is InChI=1S/C11H20O2/c1-9(5-8-12)10-3-6-11(2,13)7-4-10/h8-10,13H,3-7H2,1-2H3. The zero-order chi connectivity index (χ0) is 9.90. The lowest BCUT2D eigenvalue weighted by atomic mass is 9.74. The van der Waals surface area contributed by atoms with Gasteiger partial charge in [-0.2, -0.15) is 0 Å². The minimum absolute atomic E-state index is 0.447. The Kier molecular flexibility index (Phi) is 3.48. The van der Waals surface area contributed by atoms with E-state index in [0.29, 0.717) is 18.3 Å². The molecule has 1 saturated carbocycles. The van der Waals surface area contributed by atoms with E-state index in [1.165, 1.54) is 0 Å². The van der Waals surface area contributed by atoms with Gasteiger partial charge in [0.2, 0.25) is 0 Å². The third-order valence-electron chi connectivity index (χ3n) is 3.38. The average molecular weight is 184 g/mol. The molecule has 0 amide bonds. The summed E-state index contributed by atoms with van der Waals surface area (Å²) in [4.78, 5) is 10.3. The number of aldehydes is 1. The van der Waals surface area contributed by atoms with Gasteiger partial charge in [0.25, 0.3) is 0 Å². The second-order valence-electron chi connectivity index (χ2n) is 4.71. The number of rotatable bonds is 3. The molecule has 1 aliphatic rings. The fraction of sp³-hybridized carbons (Fsp3) is 0.909. The van der Waals surface area contributed by atoms with Gasteiger partial charge in [0, 0.05) is 6.42 Å². The maximum atomic E-state index is 10.3. The molecule has 0 aromatic carbocycles. The summed E-state index contributed by atoms with van der Waals surface area (Å²) in [7, 11) is 0. The third kappa shape index (κ3) is 3.11. The van der Waals surface area contributed by atoms with Crippen LogP contribution < -0.4 is 0 Å². The van der Waals surface area contributed by atoms with Gasteiger partial charge >= 0.3 is 0 Å². The number of hydrogen-bond acceptors (Lipinski definition) is 2. The molecular formula is C11H20O2. The van der Waals surface area contributed by atoms with Gasteiger partial charge in [-0.05, 0) is 44.4 Å². The van der Waals surface area contributed by atoms with E-state index in [0.717, 1.165) is 32.0 Å². The van der Waals surface area contributed by atoms with Crippen molar-refractivity contribution in [3.8, 4) is 0 Å². The van der Waals surface area contributed by atoms with Crippen LogP contribution in [0.15, 0.2) is 0 Å². The number of carbonyl (C=O) groups excluding carboxylic acids is 1. The monoisotopic (exact) mass is 184 g/mol. The lowest BCUT2D eigenvalue weighted by molar-refractivity contribution is -0.109. The van der Waals surface area contributed by atoms with Gasteiger partial charge in [0.15, 0.2) is 0 Å². The molecule has 0 radical (unpaired) electrons. The van der Waals surface area contributed by atoms with Crippen molar-refractivity contribution in [3.05, 3.63) is 0 Å². The number of hydrogen-bond donors (Lipinski definition) is 1. The highest BCUT2D eigenvalue weighted by molar-refractivity contribution is 5.49. The summed E-state index contributed by atoms with van der Waals surface area (Å²) in [5, 5.41) is 9.73. The minimum atomic E-state index is -0.447. The fourth-order valence-electron chi connectivity index (χ4n) is 2.18. The van der Waals surface area contributed by atoms with E-state index in [-0.39, 0.29) is 0 Å². The molecule has 0 bridgehead atoms. The van der Waals surface area contributed by atoms with E-state index >= 15 is 0 Å². The molecule has 13 heavy (non-hydrogen) atoms. The van der Waals surface area contributed by atoms with E-state index in [1.54, 1.807) is 0 Å². The fourth-order valence-corrected chi connectivity index (χ4v) is 2.18. The Morgan fingerprint density at radius 1 is 1.54 bits per heavy atom. The lowest BCUT2D eigenvalue weighted by Gasteiger charge is -2.35. The minimum Gasteiger partial charge on any atom is -0.390 e. The largest absolute Gasteiger partial charge is 0.390 e. The van der Waals surface area contributed by atoms with Gasteiger partial charge in [-0.25, -0.2) is 0 Å². The first kappa shape index (κ1) is 10.7. The summed E-state index contributed by atoms with van der Waals surface area (Å²) in [5.74, 6) is 1.14. The van der Waals surface area contributed by atoms with Crippen molar-refractivity contribution >= 4 is 6.29 Å². The van der Waals surface area contributed by atoms with Crippen molar-refractivity contribution in [2.75, 3.05) is 0 Å². The van der Waals surface area contributed by atoms with Crippen LogP contribution in [0, 0.1) is 11.8 Å². The highest BCUT2D eigenvalue weighted by atomic mass is 16.3. The van der Waals surface area contributed by atoms with Crippen LogP contribution in [0.3, 0.4) is 0 Å². The lowest BCUT2D eigenvalue weighted by Crippen LogP contribution is -2.32. The first-order valence-corrected chi connectivity index (χ1v) is 5.21. The Morgan fingerprint density at radius 3 is 2.54 bits per heavy atom. The maximum Gasteiger partial charge on any atom is 0.120 e. The number of aliphatic hydroxyl groups is 1. The third-order valence-corrected chi connectivity index (χ3v) is 3.38. The summed E-state index contributed by atoms with van der Waals surface area (Å²) in [5.41, 5.74) is -0.447. The Bertz CT molecular complexity index is 165. The van der Waals surface area contributed by atoms with Crippen molar-refractivity contribution in [1.82, 2.24) is 0 Å². The van der Waals surface area contributed by atoms with Crippen molar-refractivity contribution in [2.24, 2.45) is 11.8 Å². The zero-order valence-electron chi connectivity index (χ0n) is 8.62. The molecule has 0 aromatic rings. The molecule has 1 atom stereocenters. The summed E-state index contributed by atoms with van der Waals surface area (Å²) in [6, 6.07) is 0. The van der Waals surface area contributed by atoms with E-state index in [2.05, 4.69) is 6.92 Å². The molecular weight excluding hydrogens is 164 g/mol. The summed E-state index contributed by atoms with van der Waals surface area (Å²) in [6.07, 6.45) is 5.61. The summed E-state index contributed by atoms with van der Waals surface area (Å²) < 4.78 is 0. The van der Waals surface area contributed by atoms with Crippen LogP contribution in [-0.4, -0.2) is 17.0 Å². The molecule has 1 N–H and O–H groups in total. The second kappa shape index (κ2) is 4.23. The summed E-state index contributed by atoms with van der Waals surface area (Å²) >= 11 is 0. The molecule has 2 heteroatoms. The second-order valence-corrected chi connectivity index (χ2v) is 4.71. The first-order chi connectivity index (χ1) is 6.05. The van der Waals surface area contributed by atoms with Crippen LogP contribution in [0.5, 0.6) is 0 Å². The topological polar surface area (TPSA) is 37.3 Å². The van der Waals surface area contributed by atoms with Crippen molar-refractivity contribution in [1.29, 1.82) is 0 Å². The van der Waals surface area contributed by atoms with Crippen molar-refractivity contribution in [2.45, 2.75) is 51.6 Å². The predicted molar refractivity (Wildman–Crippen MR) is 52.4 cm³/mol. The van der Waals surface area contributed by atoms with Crippen LogP contribution in [0.25, 0.3) is 0 Å². The molecule has 2 nitrogen and oxygen atoms in total. The Morgan fingerprint density at radius 2 is 2.08 bits per heavy atom. The molecule has 0 spiro atoms. The summed E-state index contributed by atoms with van der Waals surface area (Å²) in [6.45, 7) is 4.05. The molecule has 1 aliphatic carbocycles. The van der Waals surface area contributed by atoms with Gasteiger partial charge in [0.1, 0.15) is 6.29 Å². The highest BCUT2D eigenvalue weighted by Gasteiger charge is 2.30.